The first kappa shape index (κ1) is 14.3. The first-order valence-corrected chi connectivity index (χ1v) is 9.22. The Morgan fingerprint density at radius 1 is 1.08 bits per heavy atom. The molecule has 1 N–H and O–H groups in total. The Morgan fingerprint density at radius 3 is 2.71 bits per heavy atom. The highest BCUT2D eigenvalue weighted by Gasteiger charge is 2.36. The highest BCUT2D eigenvalue weighted by atomic mass is 32.1. The molecule has 0 amide bonds. The van der Waals surface area contributed by atoms with Gasteiger partial charge < -0.3 is 9.59 Å². The summed E-state index contributed by atoms with van der Waals surface area (Å²) in [5.74, 6) is 0. The van der Waals surface area contributed by atoms with E-state index in [1.807, 2.05) is 24.2 Å². The van der Waals surface area contributed by atoms with Gasteiger partial charge in [0.25, 0.3) is 0 Å². The zero-order valence-corrected chi connectivity index (χ0v) is 14.8. The lowest BCUT2D eigenvalue weighted by molar-refractivity contribution is 0.594. The van der Waals surface area contributed by atoms with Gasteiger partial charge in [0.15, 0.2) is 0 Å². The van der Waals surface area contributed by atoms with Crippen LogP contribution >= 0.6 is 11.3 Å². The van der Waals surface area contributed by atoms with Crippen LogP contribution in [0.2, 0.25) is 6.82 Å². The zero-order chi connectivity index (χ0) is 16.6. The summed E-state index contributed by atoms with van der Waals surface area (Å²) in [6.45, 7) is 6.01. The Labute approximate surface area is 145 Å². The van der Waals surface area contributed by atoms with E-state index in [0.717, 1.165) is 5.46 Å². The molecule has 0 saturated carbocycles. The van der Waals surface area contributed by atoms with Crippen LogP contribution in [0, 0.1) is 0 Å². The predicted octanol–water partition coefficient (Wildman–Crippen LogP) is 4.31. The minimum atomic E-state index is -0.450. The van der Waals surface area contributed by atoms with Crippen molar-refractivity contribution in [3.8, 4) is 5.69 Å². The molecule has 118 valence electrons. The molecule has 0 radical (unpaired) electrons. The molecule has 2 aromatic heterocycles. The second-order valence-corrected chi connectivity index (χ2v) is 8.17. The standard InChI is InChI=1S/C20H18BNOS/c1-20(2)15-6-4-5-13-14-11-12(21(3)23)7-8-16(14)22(18(13)15)17-9-10-24-19(17)20/h4-11,23H,1-3H3. The largest absolute Gasteiger partial charge is 0.447 e. The minimum absolute atomic E-state index is 0.0144. The van der Waals surface area contributed by atoms with Crippen LogP contribution in [0.25, 0.3) is 27.5 Å². The Bertz CT molecular complexity index is 1120. The van der Waals surface area contributed by atoms with Crippen molar-refractivity contribution in [1.82, 2.24) is 4.57 Å². The SMILES string of the molecule is CB(O)c1ccc2c(c1)c1cccc3c1n2-c1ccsc1C3(C)C. The van der Waals surface area contributed by atoms with E-state index in [-0.39, 0.29) is 5.41 Å². The molecule has 0 spiro atoms. The van der Waals surface area contributed by atoms with E-state index in [0.29, 0.717) is 0 Å². The van der Waals surface area contributed by atoms with Gasteiger partial charge in [-0.05, 0) is 28.5 Å². The summed E-state index contributed by atoms with van der Waals surface area (Å²) in [7, 11) is 0. The van der Waals surface area contributed by atoms with Crippen molar-refractivity contribution in [3.05, 3.63) is 58.3 Å². The van der Waals surface area contributed by atoms with Gasteiger partial charge in [-0.15, -0.1) is 11.3 Å². The normalized spacial score (nSPS) is 15.0. The first-order chi connectivity index (χ1) is 11.5. The maximum absolute atomic E-state index is 9.99. The van der Waals surface area contributed by atoms with Crippen LogP contribution in [0.3, 0.4) is 0 Å². The van der Waals surface area contributed by atoms with Gasteiger partial charge in [-0.3, -0.25) is 0 Å². The number of hydrogen-bond donors (Lipinski definition) is 1. The van der Waals surface area contributed by atoms with E-state index in [1.54, 1.807) is 0 Å². The van der Waals surface area contributed by atoms with Crippen LogP contribution in [-0.2, 0) is 5.41 Å². The summed E-state index contributed by atoms with van der Waals surface area (Å²) < 4.78 is 2.41. The van der Waals surface area contributed by atoms with Gasteiger partial charge in [-0.2, -0.15) is 0 Å². The minimum Gasteiger partial charge on any atom is -0.447 e. The molecule has 2 nitrogen and oxygen atoms in total. The first-order valence-electron chi connectivity index (χ1n) is 8.34. The second kappa shape index (κ2) is 4.53. The summed E-state index contributed by atoms with van der Waals surface area (Å²) in [5.41, 5.74) is 6.19. The molecule has 5 rings (SSSR count). The smallest absolute Gasteiger partial charge is 0.320 e. The Morgan fingerprint density at radius 2 is 1.92 bits per heavy atom. The number of para-hydroxylation sites is 1. The molecule has 2 aromatic carbocycles. The second-order valence-electron chi connectivity index (χ2n) is 7.25. The fourth-order valence-electron chi connectivity index (χ4n) is 4.17. The van der Waals surface area contributed by atoms with Gasteiger partial charge in [-0.25, -0.2) is 0 Å². The molecule has 1 aliphatic rings. The van der Waals surface area contributed by atoms with Crippen molar-refractivity contribution >= 4 is 45.5 Å². The summed E-state index contributed by atoms with van der Waals surface area (Å²) in [6, 6.07) is 15.2. The lowest BCUT2D eigenvalue weighted by Gasteiger charge is -2.32. The third-order valence-corrected chi connectivity index (χ3v) is 6.65. The van der Waals surface area contributed by atoms with Gasteiger partial charge >= 0.3 is 6.92 Å². The molecule has 1 aliphatic heterocycles. The molecule has 0 saturated heterocycles. The maximum atomic E-state index is 9.99. The van der Waals surface area contributed by atoms with Crippen molar-refractivity contribution in [2.45, 2.75) is 26.1 Å². The third kappa shape index (κ3) is 1.60. The monoisotopic (exact) mass is 331 g/mol. The number of nitrogens with zero attached hydrogens (tertiary/aromatic N) is 1. The molecule has 3 heterocycles. The average Bonchev–Trinajstić information content (AvgIpc) is 3.16. The summed E-state index contributed by atoms with van der Waals surface area (Å²) >= 11 is 1.84. The molecule has 0 bridgehead atoms. The fourth-order valence-corrected chi connectivity index (χ4v) is 5.19. The highest BCUT2D eigenvalue weighted by Crippen LogP contribution is 2.48. The van der Waals surface area contributed by atoms with Crippen LogP contribution in [0.1, 0.15) is 24.3 Å². The van der Waals surface area contributed by atoms with E-state index >= 15 is 0 Å². The molecular weight excluding hydrogens is 313 g/mol. The predicted molar refractivity (Wildman–Crippen MR) is 104 cm³/mol. The summed E-state index contributed by atoms with van der Waals surface area (Å²) in [5, 5.41) is 14.7. The molecular formula is C20H18BNOS. The van der Waals surface area contributed by atoms with Crippen LogP contribution in [0.4, 0.5) is 0 Å². The highest BCUT2D eigenvalue weighted by molar-refractivity contribution is 7.10. The van der Waals surface area contributed by atoms with E-state index in [1.165, 1.54) is 37.9 Å². The lowest BCUT2D eigenvalue weighted by atomic mass is 9.64. The van der Waals surface area contributed by atoms with Crippen LogP contribution < -0.4 is 5.46 Å². The molecule has 4 aromatic rings. The Balaban J connectivity index is 2.04. The Kier molecular flexibility index (Phi) is 2.70. The van der Waals surface area contributed by atoms with E-state index in [2.05, 4.69) is 60.2 Å². The van der Waals surface area contributed by atoms with E-state index in [4.69, 9.17) is 0 Å². The van der Waals surface area contributed by atoms with Crippen molar-refractivity contribution in [1.29, 1.82) is 0 Å². The van der Waals surface area contributed by atoms with Gasteiger partial charge in [-0.1, -0.05) is 51.0 Å². The van der Waals surface area contributed by atoms with E-state index in [9.17, 15) is 5.02 Å². The van der Waals surface area contributed by atoms with Gasteiger partial charge in [0.2, 0.25) is 0 Å². The topological polar surface area (TPSA) is 25.2 Å². The molecule has 0 unspecified atom stereocenters. The molecule has 0 atom stereocenters. The van der Waals surface area contributed by atoms with Gasteiger partial charge in [0.1, 0.15) is 0 Å². The van der Waals surface area contributed by atoms with Crippen molar-refractivity contribution in [2.75, 3.05) is 0 Å². The van der Waals surface area contributed by atoms with Crippen molar-refractivity contribution in [3.63, 3.8) is 0 Å². The molecule has 0 fully saturated rings. The molecule has 0 aliphatic carbocycles. The van der Waals surface area contributed by atoms with Crippen molar-refractivity contribution in [2.24, 2.45) is 0 Å². The number of rotatable bonds is 1. The average molecular weight is 331 g/mol. The van der Waals surface area contributed by atoms with Gasteiger partial charge in [0, 0.05) is 21.1 Å². The zero-order valence-electron chi connectivity index (χ0n) is 14.0. The van der Waals surface area contributed by atoms with Crippen LogP contribution in [0.5, 0.6) is 0 Å². The molecule has 24 heavy (non-hydrogen) atoms. The third-order valence-electron chi connectivity index (χ3n) is 5.42. The number of benzene rings is 2. The number of hydrogen-bond acceptors (Lipinski definition) is 2. The van der Waals surface area contributed by atoms with Crippen molar-refractivity contribution < 1.29 is 5.02 Å². The Hall–Kier alpha value is -2.04. The summed E-state index contributed by atoms with van der Waals surface area (Å²) in [6.07, 6.45) is 0. The number of thiophene rings is 1. The summed E-state index contributed by atoms with van der Waals surface area (Å²) in [4.78, 5) is 1.42. The van der Waals surface area contributed by atoms with E-state index < -0.39 is 6.92 Å². The maximum Gasteiger partial charge on any atom is 0.320 e. The van der Waals surface area contributed by atoms with Gasteiger partial charge in [0.05, 0.1) is 16.7 Å². The molecule has 4 heteroatoms. The number of fused-ring (bicyclic) bond motifs is 5. The van der Waals surface area contributed by atoms with Crippen LogP contribution in [-0.4, -0.2) is 16.5 Å². The van der Waals surface area contributed by atoms with Crippen LogP contribution in [0.15, 0.2) is 47.8 Å². The lowest BCUT2D eigenvalue weighted by Crippen LogP contribution is -2.25. The quantitative estimate of drug-likeness (QED) is 0.517. The fraction of sp³-hybridized carbons (Fsp3) is 0.200. The number of aromatic nitrogens is 1.